The van der Waals surface area contributed by atoms with E-state index in [1.165, 1.54) is 16.2 Å². The van der Waals surface area contributed by atoms with Gasteiger partial charge in [-0.15, -0.1) is 11.3 Å². The number of carbonyl (C=O) groups is 1. The summed E-state index contributed by atoms with van der Waals surface area (Å²) in [6, 6.07) is 7.53. The third-order valence-corrected chi connectivity index (χ3v) is 4.14. The van der Waals surface area contributed by atoms with E-state index < -0.39 is 0 Å². The molecule has 2 heterocycles. The summed E-state index contributed by atoms with van der Waals surface area (Å²) >= 11 is 1.53. The summed E-state index contributed by atoms with van der Waals surface area (Å²) in [6.07, 6.45) is 1.61. The summed E-state index contributed by atoms with van der Waals surface area (Å²) in [5, 5.41) is 10.5. The number of hydrogen-bond acceptors (Lipinski definition) is 4. The lowest BCUT2D eigenvalue weighted by atomic mass is 9.95. The van der Waals surface area contributed by atoms with Crippen LogP contribution in [-0.2, 0) is 12.0 Å². The Kier molecular flexibility index (Phi) is 3.95. The molecule has 2 rings (SSSR count). The summed E-state index contributed by atoms with van der Waals surface area (Å²) in [4.78, 5) is 13.9. The minimum Gasteiger partial charge on any atom is -0.346 e. The van der Waals surface area contributed by atoms with Gasteiger partial charge in [-0.05, 0) is 29.7 Å². The smallest absolute Gasteiger partial charge is 0.261 e. The van der Waals surface area contributed by atoms with Gasteiger partial charge < -0.3 is 5.32 Å². The van der Waals surface area contributed by atoms with Crippen LogP contribution in [0.3, 0.4) is 0 Å². The molecule has 19 heavy (non-hydrogen) atoms. The lowest BCUT2D eigenvalue weighted by molar-refractivity contribution is 0.0954. The maximum absolute atomic E-state index is 12.0. The largest absolute Gasteiger partial charge is 0.346 e. The van der Waals surface area contributed by atoms with Gasteiger partial charge in [-0.1, -0.05) is 20.8 Å². The van der Waals surface area contributed by atoms with Crippen LogP contribution in [0.1, 0.15) is 41.0 Å². The van der Waals surface area contributed by atoms with E-state index in [2.05, 4.69) is 36.3 Å². The van der Waals surface area contributed by atoms with Gasteiger partial charge in [0.15, 0.2) is 0 Å². The summed E-state index contributed by atoms with van der Waals surface area (Å²) in [5.74, 6) is -0.0637. The van der Waals surface area contributed by atoms with E-state index in [-0.39, 0.29) is 11.3 Å². The first kappa shape index (κ1) is 13.7. The normalized spacial score (nSPS) is 11.3. The molecule has 0 saturated heterocycles. The molecule has 0 aromatic carbocycles. The molecule has 0 aliphatic heterocycles. The standard InChI is InChI=1S/C14H17N3OS/c1-14(2,3)12-7-6-11(19-12)13(18)15-9-10-5-4-8-16-17-10/h4-8H,9H2,1-3H3,(H,15,18). The van der Waals surface area contributed by atoms with Gasteiger partial charge in [-0.25, -0.2) is 0 Å². The second kappa shape index (κ2) is 5.48. The lowest BCUT2D eigenvalue weighted by Crippen LogP contribution is -2.22. The number of amides is 1. The molecule has 0 spiro atoms. The van der Waals surface area contributed by atoms with Gasteiger partial charge in [0.1, 0.15) is 0 Å². The van der Waals surface area contributed by atoms with E-state index in [0.717, 1.165) is 10.6 Å². The number of aromatic nitrogens is 2. The highest BCUT2D eigenvalue weighted by Gasteiger charge is 2.18. The first-order valence-electron chi connectivity index (χ1n) is 6.12. The molecule has 0 unspecified atom stereocenters. The number of carbonyl (C=O) groups excluding carboxylic acids is 1. The molecule has 100 valence electrons. The molecule has 1 N–H and O–H groups in total. The minimum atomic E-state index is -0.0637. The SMILES string of the molecule is CC(C)(C)c1ccc(C(=O)NCc2cccnn2)s1. The van der Waals surface area contributed by atoms with Crippen LogP contribution in [0, 0.1) is 0 Å². The molecular formula is C14H17N3OS. The van der Waals surface area contributed by atoms with Crippen LogP contribution in [0.25, 0.3) is 0 Å². The quantitative estimate of drug-likeness (QED) is 0.937. The Bertz CT molecular complexity index is 558. The van der Waals surface area contributed by atoms with Crippen molar-refractivity contribution in [2.75, 3.05) is 0 Å². The molecule has 2 aromatic heterocycles. The number of rotatable bonds is 3. The van der Waals surface area contributed by atoms with Gasteiger partial charge in [0.05, 0.1) is 17.1 Å². The minimum absolute atomic E-state index is 0.0637. The molecule has 0 bridgehead atoms. The Morgan fingerprint density at radius 3 is 2.68 bits per heavy atom. The van der Waals surface area contributed by atoms with Crippen LogP contribution >= 0.6 is 11.3 Å². The van der Waals surface area contributed by atoms with Gasteiger partial charge in [0, 0.05) is 11.1 Å². The highest BCUT2D eigenvalue weighted by atomic mass is 32.1. The summed E-state index contributed by atoms with van der Waals surface area (Å²) < 4.78 is 0. The highest BCUT2D eigenvalue weighted by Crippen LogP contribution is 2.29. The molecule has 2 aromatic rings. The molecule has 0 radical (unpaired) electrons. The maximum Gasteiger partial charge on any atom is 0.261 e. The molecule has 4 nitrogen and oxygen atoms in total. The molecule has 5 heteroatoms. The maximum atomic E-state index is 12.0. The van der Waals surface area contributed by atoms with Crippen LogP contribution in [0.2, 0.25) is 0 Å². The van der Waals surface area contributed by atoms with Crippen molar-refractivity contribution in [2.24, 2.45) is 0 Å². The first-order chi connectivity index (χ1) is 8.97. The zero-order valence-electron chi connectivity index (χ0n) is 11.3. The van der Waals surface area contributed by atoms with Crippen LogP contribution < -0.4 is 5.32 Å². The van der Waals surface area contributed by atoms with E-state index in [0.29, 0.717) is 6.54 Å². The molecule has 0 atom stereocenters. The second-order valence-corrected chi connectivity index (χ2v) is 6.40. The van der Waals surface area contributed by atoms with E-state index >= 15 is 0 Å². The number of nitrogens with one attached hydrogen (secondary N) is 1. The Hall–Kier alpha value is -1.75. The van der Waals surface area contributed by atoms with Gasteiger partial charge in [0.25, 0.3) is 5.91 Å². The van der Waals surface area contributed by atoms with E-state index in [1.54, 1.807) is 12.3 Å². The van der Waals surface area contributed by atoms with Crippen molar-refractivity contribution in [2.45, 2.75) is 32.7 Å². The van der Waals surface area contributed by atoms with Crippen molar-refractivity contribution in [3.8, 4) is 0 Å². The fourth-order valence-corrected chi connectivity index (χ4v) is 2.53. The fraction of sp³-hybridized carbons (Fsp3) is 0.357. The summed E-state index contributed by atoms with van der Waals surface area (Å²) in [7, 11) is 0. The van der Waals surface area contributed by atoms with Crippen LogP contribution in [-0.4, -0.2) is 16.1 Å². The highest BCUT2D eigenvalue weighted by molar-refractivity contribution is 7.14. The Morgan fingerprint density at radius 1 is 1.32 bits per heavy atom. The Balaban J connectivity index is 1.99. The molecule has 0 aliphatic carbocycles. The van der Waals surface area contributed by atoms with Gasteiger partial charge in [-0.2, -0.15) is 10.2 Å². The molecule has 0 saturated carbocycles. The summed E-state index contributed by atoms with van der Waals surface area (Å²) in [6.45, 7) is 6.82. The zero-order valence-corrected chi connectivity index (χ0v) is 12.1. The Labute approximate surface area is 116 Å². The van der Waals surface area contributed by atoms with E-state index in [1.807, 2.05) is 18.2 Å². The molecule has 0 aliphatic rings. The third kappa shape index (κ3) is 3.61. The van der Waals surface area contributed by atoms with E-state index in [4.69, 9.17) is 0 Å². The van der Waals surface area contributed by atoms with E-state index in [9.17, 15) is 4.79 Å². The van der Waals surface area contributed by atoms with Crippen molar-refractivity contribution in [1.82, 2.24) is 15.5 Å². The topological polar surface area (TPSA) is 54.9 Å². The summed E-state index contributed by atoms with van der Waals surface area (Å²) in [5.41, 5.74) is 0.831. The van der Waals surface area contributed by atoms with Crippen molar-refractivity contribution in [3.05, 3.63) is 45.9 Å². The number of thiophene rings is 1. The lowest BCUT2D eigenvalue weighted by Gasteiger charge is -2.15. The predicted octanol–water partition coefficient (Wildman–Crippen LogP) is 2.77. The van der Waals surface area contributed by atoms with Gasteiger partial charge >= 0.3 is 0 Å². The fourth-order valence-electron chi connectivity index (χ4n) is 1.55. The monoisotopic (exact) mass is 275 g/mol. The van der Waals surface area contributed by atoms with Crippen molar-refractivity contribution >= 4 is 17.2 Å². The van der Waals surface area contributed by atoms with Crippen LogP contribution in [0.4, 0.5) is 0 Å². The average molecular weight is 275 g/mol. The van der Waals surface area contributed by atoms with Crippen LogP contribution in [0.5, 0.6) is 0 Å². The van der Waals surface area contributed by atoms with Gasteiger partial charge in [0.2, 0.25) is 0 Å². The van der Waals surface area contributed by atoms with Crippen LogP contribution in [0.15, 0.2) is 30.5 Å². The molecule has 1 amide bonds. The first-order valence-corrected chi connectivity index (χ1v) is 6.93. The van der Waals surface area contributed by atoms with Crippen molar-refractivity contribution < 1.29 is 4.79 Å². The second-order valence-electron chi connectivity index (χ2n) is 5.31. The average Bonchev–Trinajstić information content (AvgIpc) is 2.87. The van der Waals surface area contributed by atoms with Gasteiger partial charge in [-0.3, -0.25) is 4.79 Å². The van der Waals surface area contributed by atoms with Crippen molar-refractivity contribution in [1.29, 1.82) is 0 Å². The predicted molar refractivity (Wildman–Crippen MR) is 76.2 cm³/mol. The molecular weight excluding hydrogens is 258 g/mol. The number of hydrogen-bond donors (Lipinski definition) is 1. The van der Waals surface area contributed by atoms with Crippen molar-refractivity contribution in [3.63, 3.8) is 0 Å². The zero-order chi connectivity index (χ0) is 13.9. The molecule has 0 fully saturated rings. The Morgan fingerprint density at radius 2 is 2.11 bits per heavy atom. The number of nitrogens with zero attached hydrogens (tertiary/aromatic N) is 2. The third-order valence-electron chi connectivity index (χ3n) is 2.63.